The molecule has 0 aliphatic carbocycles. The maximum absolute atomic E-state index is 12.5. The summed E-state index contributed by atoms with van der Waals surface area (Å²) in [6.45, 7) is 4.81. The van der Waals surface area contributed by atoms with Gasteiger partial charge in [0.2, 0.25) is 0 Å². The van der Waals surface area contributed by atoms with Crippen LogP contribution >= 0.6 is 0 Å². The van der Waals surface area contributed by atoms with Crippen LogP contribution in [0.15, 0.2) is 6.07 Å². The third-order valence-electron chi connectivity index (χ3n) is 1.80. The van der Waals surface area contributed by atoms with Gasteiger partial charge in [-0.3, -0.25) is 0 Å². The van der Waals surface area contributed by atoms with E-state index in [2.05, 4.69) is 10.2 Å². The zero-order valence-electron chi connectivity index (χ0n) is 8.18. The molecule has 0 unspecified atom stereocenters. The summed E-state index contributed by atoms with van der Waals surface area (Å²) in [6, 6.07) is 1.03. The molecule has 78 valence electrons. The normalized spacial score (nSPS) is 12.2. The Morgan fingerprint density at radius 2 is 1.79 bits per heavy atom. The van der Waals surface area contributed by atoms with Crippen LogP contribution in [-0.4, -0.2) is 10.2 Å². The average molecular weight is 204 g/mol. The third kappa shape index (κ3) is 2.21. The van der Waals surface area contributed by atoms with Crippen molar-refractivity contribution in [2.45, 2.75) is 32.9 Å². The lowest BCUT2D eigenvalue weighted by Crippen LogP contribution is -2.13. The summed E-state index contributed by atoms with van der Waals surface area (Å²) in [7, 11) is 0. The fourth-order valence-corrected chi connectivity index (χ4v) is 1.15. The minimum absolute atomic E-state index is 0.00287. The van der Waals surface area contributed by atoms with E-state index in [0.717, 1.165) is 6.07 Å². The van der Waals surface area contributed by atoms with Gasteiger partial charge in [-0.1, -0.05) is 13.8 Å². The summed E-state index contributed by atoms with van der Waals surface area (Å²) in [5.74, 6) is -0.278. The molecule has 14 heavy (non-hydrogen) atoms. The van der Waals surface area contributed by atoms with Crippen molar-refractivity contribution in [3.8, 4) is 0 Å². The number of hydrogen-bond donors (Lipinski definition) is 0. The average Bonchev–Trinajstić information content (AvgIpc) is 2.01. The number of rotatable bonds is 1. The van der Waals surface area contributed by atoms with E-state index < -0.39 is 11.7 Å². The van der Waals surface area contributed by atoms with Crippen LogP contribution in [0.2, 0.25) is 0 Å². The lowest BCUT2D eigenvalue weighted by molar-refractivity contribution is -0.138. The van der Waals surface area contributed by atoms with E-state index in [0.29, 0.717) is 0 Å². The molecule has 1 rings (SSSR count). The van der Waals surface area contributed by atoms with Crippen LogP contribution in [0, 0.1) is 6.92 Å². The molecule has 1 heterocycles. The van der Waals surface area contributed by atoms with Crippen LogP contribution in [0.1, 0.15) is 36.7 Å². The summed E-state index contributed by atoms with van der Waals surface area (Å²) in [4.78, 5) is 0. The lowest BCUT2D eigenvalue weighted by atomic mass is 10.0. The lowest BCUT2D eigenvalue weighted by Gasteiger charge is -2.13. The first-order valence-corrected chi connectivity index (χ1v) is 4.23. The van der Waals surface area contributed by atoms with E-state index in [9.17, 15) is 13.2 Å². The molecule has 0 spiro atoms. The number of hydrogen-bond acceptors (Lipinski definition) is 2. The quantitative estimate of drug-likeness (QED) is 0.702. The van der Waals surface area contributed by atoms with Gasteiger partial charge in [-0.2, -0.15) is 23.4 Å². The number of alkyl halides is 3. The highest BCUT2D eigenvalue weighted by Gasteiger charge is 2.35. The van der Waals surface area contributed by atoms with E-state index in [1.54, 1.807) is 13.8 Å². The van der Waals surface area contributed by atoms with Gasteiger partial charge in [0.15, 0.2) is 0 Å². The second kappa shape index (κ2) is 3.55. The molecule has 0 saturated heterocycles. The number of aryl methyl sites for hydroxylation is 1. The molecule has 0 aromatic carbocycles. The Kier molecular flexibility index (Phi) is 2.78. The summed E-state index contributed by atoms with van der Waals surface area (Å²) < 4.78 is 37.6. The Balaban J connectivity index is 3.30. The van der Waals surface area contributed by atoms with E-state index in [4.69, 9.17) is 0 Å². The van der Waals surface area contributed by atoms with Crippen LogP contribution in [0.25, 0.3) is 0 Å². The first-order chi connectivity index (χ1) is 6.32. The third-order valence-corrected chi connectivity index (χ3v) is 1.80. The molecule has 0 aliphatic heterocycles. The van der Waals surface area contributed by atoms with Crippen LogP contribution in [-0.2, 0) is 6.18 Å². The summed E-state index contributed by atoms with van der Waals surface area (Å²) in [6.07, 6.45) is -4.35. The van der Waals surface area contributed by atoms with Gasteiger partial charge < -0.3 is 0 Å². The van der Waals surface area contributed by atoms with Crippen molar-refractivity contribution in [1.29, 1.82) is 0 Å². The summed E-state index contributed by atoms with van der Waals surface area (Å²) >= 11 is 0. The zero-order chi connectivity index (χ0) is 10.9. The molecule has 1 aromatic heterocycles. The molecule has 0 aliphatic rings. The molecule has 0 amide bonds. The van der Waals surface area contributed by atoms with Crippen molar-refractivity contribution in [1.82, 2.24) is 10.2 Å². The van der Waals surface area contributed by atoms with Crippen molar-refractivity contribution < 1.29 is 13.2 Å². The minimum Gasteiger partial charge on any atom is -0.166 e. The van der Waals surface area contributed by atoms with Crippen molar-refractivity contribution >= 4 is 0 Å². The van der Waals surface area contributed by atoms with Crippen molar-refractivity contribution in [3.63, 3.8) is 0 Å². The zero-order valence-corrected chi connectivity index (χ0v) is 8.18. The fourth-order valence-electron chi connectivity index (χ4n) is 1.15. The maximum atomic E-state index is 12.5. The van der Waals surface area contributed by atoms with Gasteiger partial charge in [-0.15, -0.1) is 0 Å². The molecule has 0 fully saturated rings. The highest BCUT2D eigenvalue weighted by molar-refractivity contribution is 5.26. The predicted octanol–water partition coefficient (Wildman–Crippen LogP) is 2.93. The Bertz CT molecular complexity index is 331. The van der Waals surface area contributed by atoms with Gasteiger partial charge in [-0.05, 0) is 18.9 Å². The van der Waals surface area contributed by atoms with Gasteiger partial charge in [0, 0.05) is 0 Å². The van der Waals surface area contributed by atoms with Crippen LogP contribution < -0.4 is 0 Å². The Labute approximate surface area is 80.2 Å². The fraction of sp³-hybridized carbons (Fsp3) is 0.556. The monoisotopic (exact) mass is 204 g/mol. The minimum atomic E-state index is -4.35. The van der Waals surface area contributed by atoms with Gasteiger partial charge in [0.25, 0.3) is 0 Å². The molecule has 0 radical (unpaired) electrons. The Morgan fingerprint density at radius 1 is 1.21 bits per heavy atom. The topological polar surface area (TPSA) is 25.8 Å². The van der Waals surface area contributed by atoms with Gasteiger partial charge >= 0.3 is 6.18 Å². The van der Waals surface area contributed by atoms with Gasteiger partial charge in [-0.25, -0.2) is 0 Å². The maximum Gasteiger partial charge on any atom is 0.418 e. The molecular weight excluding hydrogens is 193 g/mol. The first kappa shape index (κ1) is 10.9. The van der Waals surface area contributed by atoms with E-state index in [1.807, 2.05) is 0 Å². The standard InChI is InChI=1S/C9H11F3N2/c1-5(2)8-7(9(10,11)12)4-6(3)13-14-8/h4-5H,1-3H3. The highest BCUT2D eigenvalue weighted by Crippen LogP contribution is 2.33. The predicted molar refractivity (Wildman–Crippen MR) is 45.9 cm³/mol. The van der Waals surface area contributed by atoms with Crippen LogP contribution in [0.4, 0.5) is 13.2 Å². The van der Waals surface area contributed by atoms with Gasteiger partial charge in [0.1, 0.15) is 0 Å². The number of halogens is 3. The molecule has 2 nitrogen and oxygen atoms in total. The van der Waals surface area contributed by atoms with E-state index in [-0.39, 0.29) is 17.3 Å². The van der Waals surface area contributed by atoms with Crippen molar-refractivity contribution in [2.75, 3.05) is 0 Å². The van der Waals surface area contributed by atoms with Crippen LogP contribution in [0.5, 0.6) is 0 Å². The Hall–Kier alpha value is -1.13. The van der Waals surface area contributed by atoms with Crippen molar-refractivity contribution in [3.05, 3.63) is 23.0 Å². The van der Waals surface area contributed by atoms with Gasteiger partial charge in [0.05, 0.1) is 17.0 Å². The second-order valence-electron chi connectivity index (χ2n) is 3.44. The summed E-state index contributed by atoms with van der Waals surface area (Å²) in [5.41, 5.74) is -0.398. The number of nitrogens with zero attached hydrogens (tertiary/aromatic N) is 2. The van der Waals surface area contributed by atoms with Crippen LogP contribution in [0.3, 0.4) is 0 Å². The van der Waals surface area contributed by atoms with E-state index >= 15 is 0 Å². The molecular formula is C9H11F3N2. The SMILES string of the molecule is Cc1cc(C(F)(F)F)c(C(C)C)nn1. The molecule has 0 N–H and O–H groups in total. The Morgan fingerprint density at radius 3 is 2.21 bits per heavy atom. The first-order valence-electron chi connectivity index (χ1n) is 4.23. The van der Waals surface area contributed by atoms with E-state index in [1.165, 1.54) is 6.92 Å². The second-order valence-corrected chi connectivity index (χ2v) is 3.44. The van der Waals surface area contributed by atoms with Crippen molar-refractivity contribution in [2.24, 2.45) is 0 Å². The largest absolute Gasteiger partial charge is 0.418 e. The highest BCUT2D eigenvalue weighted by atomic mass is 19.4. The molecule has 1 aromatic rings. The number of aromatic nitrogens is 2. The molecule has 0 bridgehead atoms. The molecule has 0 saturated carbocycles. The summed E-state index contributed by atoms with van der Waals surface area (Å²) in [5, 5.41) is 7.20. The molecule has 0 atom stereocenters. The molecule has 5 heteroatoms. The smallest absolute Gasteiger partial charge is 0.166 e.